The van der Waals surface area contributed by atoms with Gasteiger partial charge < -0.3 is 0 Å². The molecule has 0 heterocycles. The van der Waals surface area contributed by atoms with Crippen molar-refractivity contribution in [1.82, 2.24) is 0 Å². The Kier molecular flexibility index (Phi) is 3.61. The molecule has 0 nitrogen and oxygen atoms in total. The quantitative estimate of drug-likeness (QED) is 0.665. The molecule has 0 saturated heterocycles. The zero-order chi connectivity index (χ0) is 8.97. The minimum atomic E-state index is 0.770. The van der Waals surface area contributed by atoms with Gasteiger partial charge in [-0.15, -0.1) is 0 Å². The third-order valence-corrected chi connectivity index (χ3v) is 2.45. The molecule has 0 unspecified atom stereocenters. The molecule has 0 fully saturated rings. The van der Waals surface area contributed by atoms with E-state index in [2.05, 4.69) is 26.0 Å². The molecule has 0 N–H and O–H groups in total. The van der Waals surface area contributed by atoms with Gasteiger partial charge in [-0.05, 0) is 30.0 Å². The molecule has 1 heteroatoms. The van der Waals surface area contributed by atoms with Gasteiger partial charge in [-0.3, -0.25) is 0 Å². The average Bonchev–Trinajstić information content (AvgIpc) is 2.09. The van der Waals surface area contributed by atoms with Crippen molar-refractivity contribution in [2.24, 2.45) is 5.92 Å². The standard InChI is InChI=1S/C11H15Cl/c1-3-9(2)8-10-4-6-11(12)7-5-10/h4-7,9H,3,8H2,1-2H3/t9-/m1/s1. The first-order valence-corrected chi connectivity index (χ1v) is 4.84. The maximum Gasteiger partial charge on any atom is 0.0406 e. The molecule has 1 aromatic rings. The molecular weight excluding hydrogens is 168 g/mol. The molecule has 0 aliphatic carbocycles. The summed E-state index contributed by atoms with van der Waals surface area (Å²) in [5, 5.41) is 0.822. The Morgan fingerprint density at radius 3 is 2.33 bits per heavy atom. The van der Waals surface area contributed by atoms with Crippen LogP contribution in [0.4, 0.5) is 0 Å². The fourth-order valence-corrected chi connectivity index (χ4v) is 1.29. The van der Waals surface area contributed by atoms with Gasteiger partial charge in [0, 0.05) is 5.02 Å². The molecule has 0 amide bonds. The predicted molar refractivity (Wildman–Crippen MR) is 54.6 cm³/mol. The highest BCUT2D eigenvalue weighted by molar-refractivity contribution is 6.30. The zero-order valence-electron chi connectivity index (χ0n) is 7.68. The Morgan fingerprint density at radius 2 is 1.83 bits per heavy atom. The smallest absolute Gasteiger partial charge is 0.0406 e. The second-order valence-electron chi connectivity index (χ2n) is 3.34. The molecule has 1 aromatic carbocycles. The fraction of sp³-hybridized carbons (Fsp3) is 0.455. The maximum atomic E-state index is 5.78. The molecule has 0 spiro atoms. The van der Waals surface area contributed by atoms with E-state index in [9.17, 15) is 0 Å². The number of benzene rings is 1. The van der Waals surface area contributed by atoms with Gasteiger partial charge in [0.05, 0.1) is 0 Å². The van der Waals surface area contributed by atoms with Crippen LogP contribution in [-0.4, -0.2) is 0 Å². The first-order valence-electron chi connectivity index (χ1n) is 4.46. The lowest BCUT2D eigenvalue weighted by Crippen LogP contribution is -1.96. The van der Waals surface area contributed by atoms with Crippen molar-refractivity contribution in [3.05, 3.63) is 34.9 Å². The van der Waals surface area contributed by atoms with E-state index < -0.39 is 0 Å². The van der Waals surface area contributed by atoms with Crippen LogP contribution in [-0.2, 0) is 6.42 Å². The first kappa shape index (κ1) is 9.60. The van der Waals surface area contributed by atoms with E-state index in [4.69, 9.17) is 11.6 Å². The van der Waals surface area contributed by atoms with Crippen LogP contribution in [0.1, 0.15) is 25.8 Å². The molecule has 66 valence electrons. The molecule has 12 heavy (non-hydrogen) atoms. The Balaban J connectivity index is 2.58. The van der Waals surface area contributed by atoms with Gasteiger partial charge in [-0.25, -0.2) is 0 Å². The summed E-state index contributed by atoms with van der Waals surface area (Å²) in [6.07, 6.45) is 2.40. The van der Waals surface area contributed by atoms with Gasteiger partial charge in [-0.1, -0.05) is 44.0 Å². The zero-order valence-corrected chi connectivity index (χ0v) is 8.43. The second kappa shape index (κ2) is 4.51. The molecule has 0 saturated carbocycles. The van der Waals surface area contributed by atoms with Crippen molar-refractivity contribution in [1.29, 1.82) is 0 Å². The Morgan fingerprint density at radius 1 is 1.25 bits per heavy atom. The third-order valence-electron chi connectivity index (χ3n) is 2.19. The lowest BCUT2D eigenvalue weighted by molar-refractivity contribution is 0.560. The van der Waals surface area contributed by atoms with Gasteiger partial charge in [0.2, 0.25) is 0 Å². The summed E-state index contributed by atoms with van der Waals surface area (Å²) in [7, 11) is 0. The molecule has 0 bridgehead atoms. The number of rotatable bonds is 3. The van der Waals surface area contributed by atoms with Crippen LogP contribution < -0.4 is 0 Å². The van der Waals surface area contributed by atoms with E-state index in [0.29, 0.717) is 0 Å². The molecule has 0 aromatic heterocycles. The Labute approximate surface area is 79.6 Å². The van der Waals surface area contributed by atoms with Gasteiger partial charge in [0.25, 0.3) is 0 Å². The van der Waals surface area contributed by atoms with Crippen molar-refractivity contribution >= 4 is 11.6 Å². The summed E-state index contributed by atoms with van der Waals surface area (Å²) in [4.78, 5) is 0. The minimum absolute atomic E-state index is 0.770. The molecular formula is C11H15Cl. The number of hydrogen-bond donors (Lipinski definition) is 0. The molecule has 0 aliphatic heterocycles. The molecule has 1 atom stereocenters. The van der Waals surface area contributed by atoms with Crippen molar-refractivity contribution in [3.63, 3.8) is 0 Å². The Hall–Kier alpha value is -0.490. The van der Waals surface area contributed by atoms with Crippen LogP contribution in [0.2, 0.25) is 5.02 Å². The van der Waals surface area contributed by atoms with Crippen LogP contribution in [0, 0.1) is 5.92 Å². The fourth-order valence-electron chi connectivity index (χ4n) is 1.17. The highest BCUT2D eigenvalue weighted by Gasteiger charge is 1.99. The largest absolute Gasteiger partial charge is 0.0843 e. The van der Waals surface area contributed by atoms with E-state index in [-0.39, 0.29) is 0 Å². The van der Waals surface area contributed by atoms with E-state index in [1.807, 2.05) is 12.1 Å². The SMILES string of the molecule is CC[C@@H](C)Cc1ccc(Cl)cc1. The average molecular weight is 183 g/mol. The van der Waals surface area contributed by atoms with E-state index in [1.165, 1.54) is 12.0 Å². The second-order valence-corrected chi connectivity index (χ2v) is 3.78. The van der Waals surface area contributed by atoms with Crippen molar-refractivity contribution in [2.75, 3.05) is 0 Å². The monoisotopic (exact) mass is 182 g/mol. The van der Waals surface area contributed by atoms with E-state index in [1.54, 1.807) is 0 Å². The predicted octanol–water partition coefficient (Wildman–Crippen LogP) is 3.93. The number of hydrogen-bond acceptors (Lipinski definition) is 0. The highest BCUT2D eigenvalue weighted by atomic mass is 35.5. The van der Waals surface area contributed by atoms with Gasteiger partial charge in [0.15, 0.2) is 0 Å². The van der Waals surface area contributed by atoms with Gasteiger partial charge in [-0.2, -0.15) is 0 Å². The Bertz CT molecular complexity index is 225. The lowest BCUT2D eigenvalue weighted by Gasteiger charge is -2.07. The van der Waals surface area contributed by atoms with E-state index >= 15 is 0 Å². The minimum Gasteiger partial charge on any atom is -0.0843 e. The van der Waals surface area contributed by atoms with Crippen molar-refractivity contribution in [2.45, 2.75) is 26.7 Å². The summed E-state index contributed by atoms with van der Waals surface area (Å²) < 4.78 is 0. The van der Waals surface area contributed by atoms with Crippen LogP contribution in [0.5, 0.6) is 0 Å². The van der Waals surface area contributed by atoms with Crippen LogP contribution in [0.15, 0.2) is 24.3 Å². The normalized spacial score (nSPS) is 12.9. The lowest BCUT2D eigenvalue weighted by atomic mass is 9.99. The van der Waals surface area contributed by atoms with Crippen LogP contribution >= 0.6 is 11.6 Å². The summed E-state index contributed by atoms with van der Waals surface area (Å²) in [6, 6.07) is 8.13. The van der Waals surface area contributed by atoms with E-state index in [0.717, 1.165) is 17.4 Å². The molecule has 0 radical (unpaired) electrons. The summed E-state index contributed by atoms with van der Waals surface area (Å²) in [5.74, 6) is 0.770. The van der Waals surface area contributed by atoms with Crippen molar-refractivity contribution in [3.8, 4) is 0 Å². The first-order chi connectivity index (χ1) is 5.72. The van der Waals surface area contributed by atoms with Gasteiger partial charge in [0.1, 0.15) is 0 Å². The molecule has 0 aliphatic rings. The van der Waals surface area contributed by atoms with Crippen molar-refractivity contribution < 1.29 is 0 Å². The highest BCUT2D eigenvalue weighted by Crippen LogP contribution is 2.14. The molecule has 1 rings (SSSR count). The summed E-state index contributed by atoms with van der Waals surface area (Å²) in [5.41, 5.74) is 1.38. The van der Waals surface area contributed by atoms with Crippen LogP contribution in [0.3, 0.4) is 0 Å². The topological polar surface area (TPSA) is 0 Å². The number of halogens is 1. The third kappa shape index (κ3) is 2.86. The maximum absolute atomic E-state index is 5.78. The van der Waals surface area contributed by atoms with Gasteiger partial charge >= 0.3 is 0 Å². The van der Waals surface area contributed by atoms with Crippen LogP contribution in [0.25, 0.3) is 0 Å². The summed E-state index contributed by atoms with van der Waals surface area (Å²) in [6.45, 7) is 4.50. The summed E-state index contributed by atoms with van der Waals surface area (Å²) >= 11 is 5.78.